The zero-order valence-electron chi connectivity index (χ0n) is 15.7. The van der Waals surface area contributed by atoms with Crippen LogP contribution in [0.1, 0.15) is 39.1 Å². The monoisotopic (exact) mass is 393 g/mol. The number of hydrogen-bond acceptors (Lipinski definition) is 8. The third-order valence-electron chi connectivity index (χ3n) is 4.92. The zero-order chi connectivity index (χ0) is 19.3. The van der Waals surface area contributed by atoms with Crippen LogP contribution in [0.4, 0.5) is 5.82 Å². The van der Waals surface area contributed by atoms with Crippen molar-refractivity contribution < 1.29 is 0 Å². The van der Waals surface area contributed by atoms with Crippen LogP contribution in [0.3, 0.4) is 0 Å². The number of anilines is 1. The Balaban J connectivity index is 1.69. The Morgan fingerprint density at radius 2 is 2.18 bits per heavy atom. The minimum Gasteiger partial charge on any atom is -0.342 e. The lowest BCUT2D eigenvalue weighted by atomic mass is 10.1. The SMILES string of the molecule is CCC1c2nncn2-c2cnc(-c3c[nH]nc3-c3nccs3)nc2N1C(C)C. The molecular formula is C18H19N9S. The molecule has 0 aliphatic carbocycles. The standard InChI is InChI=1S/C18H19N9S/c1-4-12-17-25-22-9-26(17)13-8-20-15(23-16(13)27(12)10(2)3)11-7-21-24-14(11)18-19-5-6-28-18/h5-10,12H,4H2,1-3H3,(H,21,24). The van der Waals surface area contributed by atoms with Crippen LogP contribution in [0.2, 0.25) is 0 Å². The largest absolute Gasteiger partial charge is 0.342 e. The Labute approximate surface area is 165 Å². The third-order valence-corrected chi connectivity index (χ3v) is 5.70. The molecule has 0 saturated carbocycles. The molecule has 142 valence electrons. The summed E-state index contributed by atoms with van der Waals surface area (Å²) in [7, 11) is 0. The van der Waals surface area contributed by atoms with Crippen molar-refractivity contribution in [3.05, 3.63) is 36.1 Å². The van der Waals surface area contributed by atoms with Gasteiger partial charge in [-0.25, -0.2) is 15.0 Å². The van der Waals surface area contributed by atoms with Crippen LogP contribution in [-0.4, -0.2) is 46.0 Å². The Hall–Kier alpha value is -3.14. The molecule has 0 aromatic carbocycles. The van der Waals surface area contributed by atoms with E-state index >= 15 is 0 Å². The van der Waals surface area contributed by atoms with Crippen LogP contribution in [0.5, 0.6) is 0 Å². The number of thiazole rings is 1. The summed E-state index contributed by atoms with van der Waals surface area (Å²) in [5.74, 6) is 2.42. The van der Waals surface area contributed by atoms with Crippen LogP contribution in [0.15, 0.2) is 30.3 Å². The van der Waals surface area contributed by atoms with Gasteiger partial charge in [-0.15, -0.1) is 21.5 Å². The Bertz CT molecular complexity index is 1110. The Kier molecular flexibility index (Phi) is 3.93. The number of fused-ring (bicyclic) bond motifs is 3. The van der Waals surface area contributed by atoms with Gasteiger partial charge >= 0.3 is 0 Å². The van der Waals surface area contributed by atoms with E-state index in [1.807, 2.05) is 22.3 Å². The average molecular weight is 393 g/mol. The van der Waals surface area contributed by atoms with Crippen molar-refractivity contribution in [3.63, 3.8) is 0 Å². The molecule has 1 aliphatic heterocycles. The van der Waals surface area contributed by atoms with E-state index in [2.05, 4.69) is 56.0 Å². The minimum absolute atomic E-state index is 0.112. The predicted octanol–water partition coefficient (Wildman–Crippen LogP) is 3.25. The van der Waals surface area contributed by atoms with Crippen molar-refractivity contribution >= 4 is 17.2 Å². The molecule has 1 N–H and O–H groups in total. The van der Waals surface area contributed by atoms with Crippen LogP contribution >= 0.6 is 11.3 Å². The molecule has 1 unspecified atom stereocenters. The lowest BCUT2D eigenvalue weighted by Gasteiger charge is -2.39. The Morgan fingerprint density at radius 1 is 1.29 bits per heavy atom. The first-order valence-electron chi connectivity index (χ1n) is 9.18. The van der Waals surface area contributed by atoms with Gasteiger partial charge in [0, 0.05) is 23.8 Å². The molecule has 0 amide bonds. The highest BCUT2D eigenvalue weighted by atomic mass is 32.1. The van der Waals surface area contributed by atoms with Gasteiger partial charge in [0.2, 0.25) is 0 Å². The lowest BCUT2D eigenvalue weighted by molar-refractivity contribution is 0.497. The fourth-order valence-corrected chi connectivity index (χ4v) is 4.37. The molecule has 5 heterocycles. The van der Waals surface area contributed by atoms with Gasteiger partial charge in [-0.1, -0.05) is 6.92 Å². The maximum absolute atomic E-state index is 4.96. The van der Waals surface area contributed by atoms with Crippen molar-refractivity contribution in [2.24, 2.45) is 0 Å². The predicted molar refractivity (Wildman–Crippen MR) is 106 cm³/mol. The molecular weight excluding hydrogens is 374 g/mol. The maximum atomic E-state index is 4.96. The normalized spacial score (nSPS) is 15.7. The molecule has 1 atom stereocenters. The summed E-state index contributed by atoms with van der Waals surface area (Å²) in [5, 5.41) is 18.5. The quantitative estimate of drug-likeness (QED) is 0.568. The fourth-order valence-electron chi connectivity index (χ4n) is 3.73. The first-order chi connectivity index (χ1) is 13.7. The van der Waals surface area contributed by atoms with Crippen LogP contribution < -0.4 is 4.90 Å². The highest BCUT2D eigenvalue weighted by molar-refractivity contribution is 7.13. The fraction of sp³-hybridized carbons (Fsp3) is 0.333. The first kappa shape index (κ1) is 17.0. The van der Waals surface area contributed by atoms with E-state index in [4.69, 9.17) is 4.98 Å². The molecule has 0 spiro atoms. The summed E-state index contributed by atoms with van der Waals surface area (Å²) >= 11 is 1.54. The molecule has 0 saturated heterocycles. The van der Waals surface area contributed by atoms with E-state index < -0.39 is 0 Å². The second-order valence-electron chi connectivity index (χ2n) is 6.87. The van der Waals surface area contributed by atoms with Gasteiger partial charge in [-0.2, -0.15) is 5.10 Å². The van der Waals surface area contributed by atoms with Crippen molar-refractivity contribution in [1.29, 1.82) is 0 Å². The number of nitrogens with one attached hydrogen (secondary N) is 1. The lowest BCUT2D eigenvalue weighted by Crippen LogP contribution is -2.40. The first-order valence-corrected chi connectivity index (χ1v) is 10.1. The highest BCUT2D eigenvalue weighted by Crippen LogP contribution is 2.40. The van der Waals surface area contributed by atoms with Crippen molar-refractivity contribution in [1.82, 2.24) is 39.9 Å². The summed E-state index contributed by atoms with van der Waals surface area (Å²) in [5.41, 5.74) is 2.49. The van der Waals surface area contributed by atoms with Gasteiger partial charge in [-0.05, 0) is 20.3 Å². The topological polar surface area (TPSA) is 101 Å². The molecule has 9 nitrogen and oxygen atoms in total. The van der Waals surface area contributed by atoms with E-state index in [9.17, 15) is 0 Å². The number of aromatic amines is 1. The third kappa shape index (κ3) is 2.44. The van der Waals surface area contributed by atoms with E-state index in [-0.39, 0.29) is 12.1 Å². The van der Waals surface area contributed by atoms with Gasteiger partial charge < -0.3 is 4.90 Å². The number of H-pyrrole nitrogens is 1. The minimum atomic E-state index is 0.112. The average Bonchev–Trinajstić information content (AvgIpc) is 3.46. The summed E-state index contributed by atoms with van der Waals surface area (Å²) in [6.45, 7) is 6.49. The molecule has 28 heavy (non-hydrogen) atoms. The van der Waals surface area contributed by atoms with Gasteiger partial charge in [0.1, 0.15) is 22.7 Å². The molecule has 4 aromatic heterocycles. The summed E-state index contributed by atoms with van der Waals surface area (Å²) in [6, 6.07) is 0.361. The van der Waals surface area contributed by atoms with Gasteiger partial charge in [0.25, 0.3) is 0 Å². The van der Waals surface area contributed by atoms with Gasteiger partial charge in [-0.3, -0.25) is 9.67 Å². The van der Waals surface area contributed by atoms with Crippen LogP contribution in [-0.2, 0) is 0 Å². The maximum Gasteiger partial charge on any atom is 0.165 e. The highest BCUT2D eigenvalue weighted by Gasteiger charge is 2.35. The van der Waals surface area contributed by atoms with E-state index in [1.54, 1.807) is 12.5 Å². The van der Waals surface area contributed by atoms with Crippen LogP contribution in [0, 0.1) is 0 Å². The molecule has 0 bridgehead atoms. The smallest absolute Gasteiger partial charge is 0.165 e. The Morgan fingerprint density at radius 3 is 2.93 bits per heavy atom. The summed E-state index contributed by atoms with van der Waals surface area (Å²) in [4.78, 5) is 16.3. The van der Waals surface area contributed by atoms with Crippen molar-refractivity contribution in [2.45, 2.75) is 39.3 Å². The van der Waals surface area contributed by atoms with E-state index in [0.717, 1.165) is 40.0 Å². The van der Waals surface area contributed by atoms with Crippen molar-refractivity contribution in [2.75, 3.05) is 4.90 Å². The van der Waals surface area contributed by atoms with Gasteiger partial charge in [0.15, 0.2) is 17.5 Å². The van der Waals surface area contributed by atoms with Gasteiger partial charge in [0.05, 0.1) is 17.8 Å². The zero-order valence-corrected chi connectivity index (χ0v) is 16.6. The van der Waals surface area contributed by atoms with Crippen LogP contribution in [0.25, 0.3) is 27.8 Å². The summed E-state index contributed by atoms with van der Waals surface area (Å²) in [6.07, 6.45) is 8.07. The van der Waals surface area contributed by atoms with E-state index in [1.165, 1.54) is 11.3 Å². The van der Waals surface area contributed by atoms with Crippen molar-refractivity contribution in [3.8, 4) is 27.8 Å². The number of aromatic nitrogens is 8. The molecule has 10 heteroatoms. The second-order valence-corrected chi connectivity index (χ2v) is 7.77. The summed E-state index contributed by atoms with van der Waals surface area (Å²) < 4.78 is 1.99. The molecule has 0 radical (unpaired) electrons. The molecule has 4 aromatic rings. The molecule has 5 rings (SSSR count). The molecule has 0 fully saturated rings. The number of rotatable bonds is 4. The second kappa shape index (κ2) is 6.48. The number of hydrogen-bond donors (Lipinski definition) is 1. The number of nitrogens with zero attached hydrogens (tertiary/aromatic N) is 8. The van der Waals surface area contributed by atoms with E-state index in [0.29, 0.717) is 5.82 Å². The molecule has 1 aliphatic rings.